The van der Waals surface area contributed by atoms with E-state index in [-0.39, 0.29) is 6.03 Å². The number of ether oxygens (including phenoxy) is 2. The Morgan fingerprint density at radius 1 is 1.03 bits per heavy atom. The number of amides is 2. The van der Waals surface area contributed by atoms with E-state index in [1.165, 1.54) is 0 Å². The van der Waals surface area contributed by atoms with Crippen LogP contribution in [0.25, 0.3) is 11.0 Å². The van der Waals surface area contributed by atoms with Gasteiger partial charge in [-0.2, -0.15) is 0 Å². The normalized spacial score (nSPS) is 13.3. The molecule has 2 amide bonds. The van der Waals surface area contributed by atoms with Crippen LogP contribution in [0.3, 0.4) is 0 Å². The van der Waals surface area contributed by atoms with Crippen LogP contribution >= 0.6 is 0 Å². The fraction of sp³-hybridized carbons (Fsp3) is 0.320. The summed E-state index contributed by atoms with van der Waals surface area (Å²) < 4.78 is 10.9. The third kappa shape index (κ3) is 8.32. The van der Waals surface area contributed by atoms with Crippen molar-refractivity contribution >= 4 is 34.7 Å². The van der Waals surface area contributed by atoms with Crippen molar-refractivity contribution in [2.45, 2.75) is 18.9 Å². The molecule has 0 saturated carbocycles. The van der Waals surface area contributed by atoms with Gasteiger partial charge in [0, 0.05) is 37.9 Å². The lowest BCUT2D eigenvalue weighted by Gasteiger charge is -2.32. The van der Waals surface area contributed by atoms with Crippen LogP contribution in [0.1, 0.15) is 12.8 Å². The Hall–Kier alpha value is -4.45. The van der Waals surface area contributed by atoms with E-state index in [9.17, 15) is 4.79 Å². The number of hydrogen-bond acceptors (Lipinski definition) is 8. The molecule has 1 fully saturated rings. The highest BCUT2D eigenvalue weighted by molar-refractivity contribution is 6.27. The number of methoxy groups -OCH3 is 1. The van der Waals surface area contributed by atoms with Crippen LogP contribution < -0.4 is 20.1 Å². The molecule has 12 nitrogen and oxygen atoms in total. The second-order valence-corrected chi connectivity index (χ2v) is 8.00. The minimum atomic E-state index is -1.82. The summed E-state index contributed by atoms with van der Waals surface area (Å²) in [5.41, 5.74) is 1.96. The first-order valence-corrected chi connectivity index (χ1v) is 11.6. The predicted octanol–water partition coefficient (Wildman–Crippen LogP) is 2.46. The number of carboxylic acids is 2. The Balaban J connectivity index is 0.000000568. The van der Waals surface area contributed by atoms with Crippen LogP contribution in [0.15, 0.2) is 54.7 Å². The summed E-state index contributed by atoms with van der Waals surface area (Å²) in [5, 5.41) is 21.3. The molecule has 1 saturated heterocycles. The predicted molar refractivity (Wildman–Crippen MR) is 135 cm³/mol. The Bertz CT molecular complexity index is 1190. The van der Waals surface area contributed by atoms with E-state index in [1.807, 2.05) is 41.3 Å². The number of pyridine rings is 2. The van der Waals surface area contributed by atoms with E-state index in [1.54, 1.807) is 25.4 Å². The Labute approximate surface area is 213 Å². The molecule has 0 unspecified atom stereocenters. The van der Waals surface area contributed by atoms with Gasteiger partial charge in [0.25, 0.3) is 0 Å². The summed E-state index contributed by atoms with van der Waals surface area (Å²) in [4.78, 5) is 41.6. The van der Waals surface area contributed by atoms with Crippen molar-refractivity contribution < 1.29 is 34.1 Å². The van der Waals surface area contributed by atoms with Gasteiger partial charge in [0.2, 0.25) is 5.88 Å². The number of carboxylic acid groups (broad SMARTS) is 2. The second kappa shape index (κ2) is 13.6. The second-order valence-electron chi connectivity index (χ2n) is 8.00. The number of fused-ring (bicyclic) bond motifs is 1. The number of benzene rings is 1. The van der Waals surface area contributed by atoms with E-state index in [0.29, 0.717) is 48.3 Å². The molecule has 0 bridgehead atoms. The topological polar surface area (TPSA) is 163 Å². The third-order valence-corrected chi connectivity index (χ3v) is 5.52. The van der Waals surface area contributed by atoms with Crippen molar-refractivity contribution in [2.75, 3.05) is 38.7 Å². The first-order valence-electron chi connectivity index (χ1n) is 11.6. The maximum absolute atomic E-state index is 12.8. The number of carbonyl (C=O) groups is 3. The van der Waals surface area contributed by atoms with Crippen LogP contribution in [0, 0.1) is 0 Å². The van der Waals surface area contributed by atoms with Gasteiger partial charge in [0.1, 0.15) is 17.9 Å². The molecule has 2 aromatic heterocycles. The van der Waals surface area contributed by atoms with E-state index in [0.717, 1.165) is 25.1 Å². The van der Waals surface area contributed by atoms with Gasteiger partial charge in [0.05, 0.1) is 18.3 Å². The highest BCUT2D eigenvalue weighted by Crippen LogP contribution is 2.23. The molecule has 4 rings (SSSR count). The number of anilines is 1. The Kier molecular flexibility index (Phi) is 9.97. The van der Waals surface area contributed by atoms with Gasteiger partial charge < -0.3 is 35.2 Å². The zero-order valence-corrected chi connectivity index (χ0v) is 20.3. The maximum atomic E-state index is 12.8. The number of rotatable bonds is 7. The molecule has 196 valence electrons. The highest BCUT2D eigenvalue weighted by atomic mass is 16.5. The quantitative estimate of drug-likeness (QED) is 0.274. The molecular formula is C25H29N5O7. The zero-order chi connectivity index (χ0) is 26.6. The van der Waals surface area contributed by atoms with Gasteiger partial charge in [-0.1, -0.05) is 18.2 Å². The van der Waals surface area contributed by atoms with Crippen molar-refractivity contribution in [2.24, 2.45) is 0 Å². The summed E-state index contributed by atoms with van der Waals surface area (Å²) in [7, 11) is 1.56. The summed E-state index contributed by atoms with van der Waals surface area (Å²) in [6.07, 6.45) is 3.48. The summed E-state index contributed by atoms with van der Waals surface area (Å²) in [6, 6.07) is 15.4. The molecule has 0 spiro atoms. The summed E-state index contributed by atoms with van der Waals surface area (Å²) in [6.45, 7) is 2.80. The van der Waals surface area contributed by atoms with Crippen molar-refractivity contribution in [3.05, 3.63) is 54.7 Å². The molecule has 4 N–H and O–H groups in total. The Morgan fingerprint density at radius 3 is 2.38 bits per heavy atom. The molecule has 0 aliphatic carbocycles. The van der Waals surface area contributed by atoms with E-state index >= 15 is 0 Å². The van der Waals surface area contributed by atoms with Crippen LogP contribution in [0.4, 0.5) is 10.5 Å². The summed E-state index contributed by atoms with van der Waals surface area (Å²) >= 11 is 0. The fourth-order valence-corrected chi connectivity index (χ4v) is 3.65. The van der Waals surface area contributed by atoms with Crippen molar-refractivity contribution in [1.82, 2.24) is 20.2 Å². The van der Waals surface area contributed by atoms with Crippen LogP contribution in [0.2, 0.25) is 0 Å². The average Bonchev–Trinajstić information content (AvgIpc) is 2.92. The number of aromatic nitrogens is 2. The monoisotopic (exact) mass is 511 g/mol. The van der Waals surface area contributed by atoms with Crippen molar-refractivity contribution in [1.29, 1.82) is 0 Å². The van der Waals surface area contributed by atoms with Gasteiger partial charge in [-0.15, -0.1) is 0 Å². The number of carbonyl (C=O) groups excluding carboxylic acids is 1. The van der Waals surface area contributed by atoms with E-state index in [4.69, 9.17) is 29.3 Å². The van der Waals surface area contributed by atoms with E-state index in [2.05, 4.69) is 20.6 Å². The molecule has 3 heterocycles. The fourth-order valence-electron chi connectivity index (χ4n) is 3.65. The molecule has 1 aliphatic heterocycles. The number of nitrogens with zero attached hydrogens (tertiary/aromatic N) is 3. The number of piperidine rings is 1. The third-order valence-electron chi connectivity index (χ3n) is 5.52. The lowest BCUT2D eigenvalue weighted by atomic mass is 10.1. The summed E-state index contributed by atoms with van der Waals surface area (Å²) in [5.74, 6) is -2.28. The molecule has 3 aromatic rings. The number of likely N-dealkylation sites (tertiary alicyclic amines) is 1. The molecule has 0 atom stereocenters. The Morgan fingerprint density at radius 2 is 1.73 bits per heavy atom. The smallest absolute Gasteiger partial charge is 0.414 e. The van der Waals surface area contributed by atoms with E-state index < -0.39 is 11.9 Å². The number of aliphatic carboxylic acids is 2. The first kappa shape index (κ1) is 27.1. The molecule has 12 heteroatoms. The minimum absolute atomic E-state index is 0.122. The number of nitrogens with one attached hydrogen (secondary N) is 2. The van der Waals surface area contributed by atoms with Crippen LogP contribution in [-0.2, 0) is 9.59 Å². The standard InChI is InChI=1S/C23H27N5O3.C2H2O4/c1-30-21-8-7-19-22(27-21)20(9-12-25-19)26-23(29)28-14-10-17(11-15-28)24-13-16-31-18-5-3-2-4-6-18;3-1(4)2(5)6/h2-9,12,17,24H,10-11,13-16H2,1H3,(H,25,26,29);(H,3,4)(H,5,6). The number of urea groups is 1. The van der Waals surface area contributed by atoms with Gasteiger partial charge in [0.15, 0.2) is 0 Å². The molecule has 0 radical (unpaired) electrons. The average molecular weight is 512 g/mol. The number of hydrogen-bond donors (Lipinski definition) is 4. The minimum Gasteiger partial charge on any atom is -0.492 e. The zero-order valence-electron chi connectivity index (χ0n) is 20.3. The van der Waals surface area contributed by atoms with Crippen molar-refractivity contribution in [3.63, 3.8) is 0 Å². The molecular weight excluding hydrogens is 482 g/mol. The number of para-hydroxylation sites is 1. The van der Waals surface area contributed by atoms with Gasteiger partial charge in [-0.05, 0) is 37.1 Å². The maximum Gasteiger partial charge on any atom is 0.414 e. The molecule has 1 aromatic carbocycles. The van der Waals surface area contributed by atoms with Crippen LogP contribution in [-0.4, -0.2) is 82.4 Å². The van der Waals surface area contributed by atoms with Crippen molar-refractivity contribution in [3.8, 4) is 11.6 Å². The molecule has 37 heavy (non-hydrogen) atoms. The van der Waals surface area contributed by atoms with Crippen LogP contribution in [0.5, 0.6) is 11.6 Å². The lowest BCUT2D eigenvalue weighted by molar-refractivity contribution is -0.159. The SMILES string of the molecule is COc1ccc2nccc(NC(=O)N3CCC(NCCOc4ccccc4)CC3)c2n1.O=C(O)C(=O)O. The van der Waals surface area contributed by atoms with Gasteiger partial charge in [-0.25, -0.2) is 19.4 Å². The first-order chi connectivity index (χ1) is 17.9. The highest BCUT2D eigenvalue weighted by Gasteiger charge is 2.23. The van der Waals surface area contributed by atoms with Gasteiger partial charge in [-0.3, -0.25) is 4.98 Å². The lowest BCUT2D eigenvalue weighted by Crippen LogP contribution is -2.47. The van der Waals surface area contributed by atoms with Gasteiger partial charge >= 0.3 is 18.0 Å². The largest absolute Gasteiger partial charge is 0.492 e. The molecule has 1 aliphatic rings.